The van der Waals surface area contributed by atoms with Crippen molar-refractivity contribution < 1.29 is 9.53 Å². The number of para-hydroxylation sites is 1. The fourth-order valence-corrected chi connectivity index (χ4v) is 2.83. The van der Waals surface area contributed by atoms with Crippen molar-refractivity contribution in [1.82, 2.24) is 5.32 Å². The molecule has 4 nitrogen and oxygen atoms in total. The van der Waals surface area contributed by atoms with Crippen LogP contribution in [0.4, 0.5) is 0 Å². The minimum atomic E-state index is -0.133. The van der Waals surface area contributed by atoms with E-state index in [0.717, 1.165) is 25.7 Å². The number of halogens is 1. The summed E-state index contributed by atoms with van der Waals surface area (Å²) in [6, 6.07) is 7.49. The molecule has 1 saturated carbocycles. The third-order valence-corrected chi connectivity index (χ3v) is 4.13. The van der Waals surface area contributed by atoms with Crippen LogP contribution in [-0.2, 0) is 4.79 Å². The summed E-state index contributed by atoms with van der Waals surface area (Å²) in [5.41, 5.74) is 5.92. The second-order valence-electron chi connectivity index (χ2n) is 5.73. The molecule has 0 aromatic heterocycles. The fraction of sp³-hybridized carbons (Fsp3) is 0.562. The Balaban J connectivity index is 1.77. The zero-order valence-electron chi connectivity index (χ0n) is 12.3. The van der Waals surface area contributed by atoms with E-state index in [0.29, 0.717) is 17.3 Å². The Bertz CT molecular complexity index is 481. The third kappa shape index (κ3) is 4.90. The van der Waals surface area contributed by atoms with Crippen molar-refractivity contribution in [3.8, 4) is 5.75 Å². The van der Waals surface area contributed by atoms with Gasteiger partial charge in [-0.3, -0.25) is 4.79 Å². The Kier molecular flexibility index (Phi) is 5.88. The van der Waals surface area contributed by atoms with Crippen molar-refractivity contribution in [3.05, 3.63) is 29.3 Å². The highest BCUT2D eigenvalue weighted by atomic mass is 35.5. The van der Waals surface area contributed by atoms with Gasteiger partial charge in [-0.25, -0.2) is 0 Å². The summed E-state index contributed by atoms with van der Waals surface area (Å²) in [6.07, 6.45) is 3.64. The summed E-state index contributed by atoms with van der Waals surface area (Å²) in [7, 11) is 0. The monoisotopic (exact) mass is 310 g/mol. The molecule has 2 rings (SSSR count). The van der Waals surface area contributed by atoms with E-state index in [-0.39, 0.29) is 24.0 Å². The van der Waals surface area contributed by atoms with Crippen LogP contribution in [0.5, 0.6) is 5.75 Å². The van der Waals surface area contributed by atoms with Crippen LogP contribution in [0.2, 0.25) is 5.02 Å². The lowest BCUT2D eigenvalue weighted by molar-refractivity contribution is -0.126. The maximum absolute atomic E-state index is 12.1. The number of hydrogen-bond acceptors (Lipinski definition) is 3. The number of nitrogens with two attached hydrogens (primary N) is 1. The molecular weight excluding hydrogens is 288 g/mol. The number of ether oxygens (including phenoxy) is 1. The highest BCUT2D eigenvalue weighted by Gasteiger charge is 2.25. The van der Waals surface area contributed by atoms with Gasteiger partial charge in [-0.15, -0.1) is 0 Å². The predicted octanol–water partition coefficient (Wildman–Crippen LogP) is 2.74. The zero-order valence-corrected chi connectivity index (χ0v) is 13.1. The second kappa shape index (κ2) is 7.66. The normalized spacial score (nSPS) is 23.4. The third-order valence-electron chi connectivity index (χ3n) is 3.81. The van der Waals surface area contributed by atoms with Gasteiger partial charge in [-0.1, -0.05) is 30.2 Å². The Morgan fingerprint density at radius 2 is 2.24 bits per heavy atom. The first kappa shape index (κ1) is 16.1. The average Bonchev–Trinajstić information content (AvgIpc) is 2.47. The maximum Gasteiger partial charge on any atom is 0.223 e. The molecule has 0 heterocycles. The van der Waals surface area contributed by atoms with Crippen molar-refractivity contribution >= 4 is 17.5 Å². The van der Waals surface area contributed by atoms with Gasteiger partial charge in [0, 0.05) is 12.0 Å². The van der Waals surface area contributed by atoms with Gasteiger partial charge in [0.1, 0.15) is 11.9 Å². The van der Waals surface area contributed by atoms with Crippen molar-refractivity contribution in [2.75, 3.05) is 6.54 Å². The Morgan fingerprint density at radius 3 is 2.95 bits per heavy atom. The summed E-state index contributed by atoms with van der Waals surface area (Å²) in [5.74, 6) is 0.765. The van der Waals surface area contributed by atoms with Gasteiger partial charge in [0.2, 0.25) is 5.91 Å². The highest BCUT2D eigenvalue weighted by molar-refractivity contribution is 6.32. The molecule has 3 atom stereocenters. The van der Waals surface area contributed by atoms with Gasteiger partial charge >= 0.3 is 0 Å². The molecule has 1 fully saturated rings. The molecule has 116 valence electrons. The standard InChI is InChI=1S/C16H23ClN2O2/c1-11(21-15-8-3-2-7-14(15)17)10-19-16(20)12-5-4-6-13(18)9-12/h2-3,7-8,11-13H,4-6,9-10,18H2,1H3,(H,19,20). The summed E-state index contributed by atoms with van der Waals surface area (Å²) in [5, 5.41) is 3.53. The Hall–Kier alpha value is -1.26. The van der Waals surface area contributed by atoms with E-state index in [1.807, 2.05) is 25.1 Å². The molecule has 0 aliphatic heterocycles. The van der Waals surface area contributed by atoms with Crippen LogP contribution in [0.15, 0.2) is 24.3 Å². The van der Waals surface area contributed by atoms with Crippen LogP contribution >= 0.6 is 11.6 Å². The van der Waals surface area contributed by atoms with Crippen LogP contribution < -0.4 is 15.8 Å². The molecule has 1 aliphatic carbocycles. The number of amides is 1. The lowest BCUT2D eigenvalue weighted by atomic mass is 9.85. The summed E-state index contributed by atoms with van der Waals surface area (Å²) in [4.78, 5) is 12.1. The van der Waals surface area contributed by atoms with E-state index in [4.69, 9.17) is 22.1 Å². The first-order valence-corrected chi connectivity index (χ1v) is 7.88. The molecule has 1 aromatic carbocycles. The van der Waals surface area contributed by atoms with E-state index in [1.54, 1.807) is 6.07 Å². The molecule has 0 bridgehead atoms. The molecule has 1 aromatic rings. The summed E-state index contributed by atoms with van der Waals surface area (Å²) in [6.45, 7) is 2.38. The lowest BCUT2D eigenvalue weighted by Gasteiger charge is -2.26. The maximum atomic E-state index is 12.1. The molecule has 0 radical (unpaired) electrons. The zero-order chi connectivity index (χ0) is 15.2. The summed E-state index contributed by atoms with van der Waals surface area (Å²) >= 11 is 6.04. The number of benzene rings is 1. The van der Waals surface area contributed by atoms with Gasteiger partial charge in [0.05, 0.1) is 11.6 Å². The Morgan fingerprint density at radius 1 is 1.48 bits per heavy atom. The van der Waals surface area contributed by atoms with E-state index in [9.17, 15) is 4.79 Å². The first-order valence-electron chi connectivity index (χ1n) is 7.50. The van der Waals surface area contributed by atoms with Gasteiger partial charge < -0.3 is 15.8 Å². The molecule has 1 amide bonds. The van der Waals surface area contributed by atoms with Gasteiger partial charge in [0.25, 0.3) is 0 Å². The minimum absolute atomic E-state index is 0.0428. The average molecular weight is 311 g/mol. The van der Waals surface area contributed by atoms with Crippen LogP contribution in [-0.4, -0.2) is 24.6 Å². The molecule has 0 saturated heterocycles. The number of nitrogens with one attached hydrogen (secondary N) is 1. The predicted molar refractivity (Wildman–Crippen MR) is 84.5 cm³/mol. The van der Waals surface area contributed by atoms with E-state index >= 15 is 0 Å². The number of carbonyl (C=O) groups is 1. The second-order valence-corrected chi connectivity index (χ2v) is 6.13. The van der Waals surface area contributed by atoms with Crippen molar-refractivity contribution in [2.24, 2.45) is 11.7 Å². The molecule has 21 heavy (non-hydrogen) atoms. The smallest absolute Gasteiger partial charge is 0.223 e. The molecule has 1 aliphatic rings. The molecule has 3 N–H and O–H groups in total. The molecular formula is C16H23ClN2O2. The van der Waals surface area contributed by atoms with Gasteiger partial charge in [-0.05, 0) is 38.3 Å². The quantitative estimate of drug-likeness (QED) is 0.879. The van der Waals surface area contributed by atoms with Gasteiger partial charge in [-0.2, -0.15) is 0 Å². The molecule has 0 spiro atoms. The largest absolute Gasteiger partial charge is 0.487 e. The molecule has 3 unspecified atom stereocenters. The first-order chi connectivity index (χ1) is 10.1. The number of rotatable bonds is 5. The van der Waals surface area contributed by atoms with Crippen molar-refractivity contribution in [2.45, 2.75) is 44.8 Å². The SMILES string of the molecule is CC(CNC(=O)C1CCCC(N)C1)Oc1ccccc1Cl. The van der Waals surface area contributed by atoms with E-state index < -0.39 is 0 Å². The fourth-order valence-electron chi connectivity index (χ4n) is 2.65. The van der Waals surface area contributed by atoms with Crippen LogP contribution in [0.25, 0.3) is 0 Å². The topological polar surface area (TPSA) is 64.4 Å². The summed E-state index contributed by atoms with van der Waals surface area (Å²) < 4.78 is 5.73. The van der Waals surface area contributed by atoms with E-state index in [2.05, 4.69) is 5.32 Å². The van der Waals surface area contributed by atoms with E-state index in [1.165, 1.54) is 0 Å². The Labute approximate surface area is 131 Å². The number of hydrogen-bond donors (Lipinski definition) is 2. The highest BCUT2D eigenvalue weighted by Crippen LogP contribution is 2.25. The van der Waals surface area contributed by atoms with Crippen molar-refractivity contribution in [1.29, 1.82) is 0 Å². The van der Waals surface area contributed by atoms with Crippen molar-refractivity contribution in [3.63, 3.8) is 0 Å². The minimum Gasteiger partial charge on any atom is -0.487 e. The molecule has 5 heteroatoms. The number of carbonyl (C=O) groups excluding carboxylic acids is 1. The van der Waals surface area contributed by atoms with Gasteiger partial charge in [0.15, 0.2) is 0 Å². The van der Waals surface area contributed by atoms with Crippen LogP contribution in [0.1, 0.15) is 32.6 Å². The van der Waals surface area contributed by atoms with Crippen LogP contribution in [0, 0.1) is 5.92 Å². The van der Waals surface area contributed by atoms with Crippen LogP contribution in [0.3, 0.4) is 0 Å². The lowest BCUT2D eigenvalue weighted by Crippen LogP contribution is -2.41.